The molecule has 0 aliphatic carbocycles. The molecule has 0 aliphatic rings. The normalized spacial score (nSPS) is 0.750. The molecular formula is HLiMnOZr. The van der Waals surface area contributed by atoms with Crippen LogP contribution in [0.5, 0.6) is 0 Å². The molecular weight excluding hydrogens is 169 g/mol. The fourth-order valence-corrected chi connectivity index (χ4v) is 0. The Labute approximate surface area is 62.8 Å². The fourth-order valence-electron chi connectivity index (χ4n) is 0. The van der Waals surface area contributed by atoms with Gasteiger partial charge in [-0.1, -0.05) is 0 Å². The second-order valence-electron chi connectivity index (χ2n) is 0. The van der Waals surface area contributed by atoms with Crippen LogP contribution in [-0.2, 0) is 44.6 Å². The molecule has 0 aromatic heterocycles. The third-order valence-corrected chi connectivity index (χ3v) is 0. The Hall–Kier alpha value is 1.80. The van der Waals surface area contributed by atoms with Crippen molar-refractivity contribution in [1.29, 1.82) is 0 Å². The molecule has 0 saturated carbocycles. The maximum atomic E-state index is 8.34. The summed E-state index contributed by atoms with van der Waals surface area (Å²) in [4.78, 5) is 0. The fraction of sp³-hybridized carbons (Fsp3) is 0. The summed E-state index contributed by atoms with van der Waals surface area (Å²) in [5, 5.41) is 0. The molecule has 19 valence electrons. The molecule has 0 saturated heterocycles. The van der Waals surface area contributed by atoms with Gasteiger partial charge in [-0.2, -0.15) is 0 Å². The molecule has 0 heterocycles. The molecule has 4 heteroatoms. The van der Waals surface area contributed by atoms with E-state index in [-0.39, 0.29) is 35.9 Å². The van der Waals surface area contributed by atoms with Gasteiger partial charge in [0.2, 0.25) is 0 Å². The quantitative estimate of drug-likeness (QED) is 0.436. The van der Waals surface area contributed by atoms with Gasteiger partial charge in [0.15, 0.2) is 0 Å². The second-order valence-corrected chi connectivity index (χ2v) is 0. The van der Waals surface area contributed by atoms with Crippen molar-refractivity contribution in [3.63, 3.8) is 0 Å². The first kappa shape index (κ1) is 17.0. The third kappa shape index (κ3) is 9.20. The predicted octanol–water partition coefficient (Wildman–Crippen LogP) is -0.772. The van der Waals surface area contributed by atoms with Gasteiger partial charge in [-0.15, -0.1) is 0 Å². The molecule has 0 aromatic rings. The molecule has 0 bridgehead atoms. The minimum atomic E-state index is 0. The van der Waals surface area contributed by atoms with Crippen molar-refractivity contribution in [2.45, 2.75) is 0 Å². The Balaban J connectivity index is -0.00000000500. The van der Waals surface area contributed by atoms with Crippen molar-refractivity contribution in [2.75, 3.05) is 0 Å². The van der Waals surface area contributed by atoms with E-state index in [1.54, 1.807) is 0 Å². The zero-order valence-corrected chi connectivity index (χ0v) is 4.92. The average Bonchev–Trinajstić information content (AvgIpc) is 1.00. The van der Waals surface area contributed by atoms with Gasteiger partial charge in [-0.25, -0.2) is 0 Å². The van der Waals surface area contributed by atoms with Crippen molar-refractivity contribution >= 4 is 18.9 Å². The second kappa shape index (κ2) is 21.4. The van der Waals surface area contributed by atoms with Crippen LogP contribution >= 0.6 is 0 Å². The number of hydrogen-bond donors (Lipinski definition) is 0. The van der Waals surface area contributed by atoms with E-state index in [1.165, 1.54) is 0 Å². The van der Waals surface area contributed by atoms with E-state index < -0.39 is 0 Å². The molecule has 1 nitrogen and oxygen atoms in total. The van der Waals surface area contributed by atoms with Gasteiger partial charge in [0.1, 0.15) is 0 Å². The van der Waals surface area contributed by atoms with E-state index in [0.717, 1.165) is 0 Å². The van der Waals surface area contributed by atoms with E-state index >= 15 is 0 Å². The van der Waals surface area contributed by atoms with Crippen molar-refractivity contribution < 1.29 is 44.6 Å². The molecule has 0 N–H and O–H groups in total. The van der Waals surface area contributed by atoms with E-state index in [0.29, 0.717) is 24.7 Å². The summed E-state index contributed by atoms with van der Waals surface area (Å²) in [7, 11) is 0. The maximum absolute atomic E-state index is 8.34. The summed E-state index contributed by atoms with van der Waals surface area (Å²) in [6.07, 6.45) is 0. The third-order valence-electron chi connectivity index (χ3n) is 0. The Morgan fingerprint density at radius 2 is 1.25 bits per heavy atom. The zero-order chi connectivity index (χ0) is 2.00. The summed E-state index contributed by atoms with van der Waals surface area (Å²) in [6, 6.07) is 0. The first-order valence-electron chi connectivity index (χ1n) is 0.204. The van der Waals surface area contributed by atoms with E-state index in [9.17, 15) is 0 Å². The van der Waals surface area contributed by atoms with E-state index in [1.807, 2.05) is 0 Å². The standard InChI is InChI=1S/Li.Mn.O.Zr.H. The van der Waals surface area contributed by atoms with Crippen LogP contribution in [0.25, 0.3) is 0 Å². The van der Waals surface area contributed by atoms with Crippen LogP contribution in [-0.4, -0.2) is 18.9 Å². The Morgan fingerprint density at radius 1 is 1.25 bits per heavy atom. The molecule has 0 atom stereocenters. The van der Waals surface area contributed by atoms with Crippen LogP contribution in [0.15, 0.2) is 0 Å². The van der Waals surface area contributed by atoms with Crippen LogP contribution < -0.4 is 0 Å². The van der Waals surface area contributed by atoms with Crippen molar-refractivity contribution in [3.8, 4) is 0 Å². The van der Waals surface area contributed by atoms with E-state index in [2.05, 4.69) is 0 Å². The zero-order valence-electron chi connectivity index (χ0n) is 1.29. The topological polar surface area (TPSA) is 17.1 Å². The van der Waals surface area contributed by atoms with Crippen molar-refractivity contribution in [3.05, 3.63) is 0 Å². The molecule has 0 spiro atoms. The molecule has 0 rings (SSSR count). The first-order chi connectivity index (χ1) is 1.00. The van der Waals surface area contributed by atoms with Gasteiger partial charge in [0.25, 0.3) is 0 Å². The molecule has 0 unspecified atom stereocenters. The monoisotopic (exact) mass is 169 g/mol. The van der Waals surface area contributed by atoms with Gasteiger partial charge in [-0.3, -0.25) is 0 Å². The molecule has 0 amide bonds. The number of hydrogen-bond acceptors (Lipinski definition) is 1. The van der Waals surface area contributed by atoms with Crippen LogP contribution in [0, 0.1) is 0 Å². The number of rotatable bonds is 0. The van der Waals surface area contributed by atoms with Gasteiger partial charge in [0, 0.05) is 17.1 Å². The van der Waals surface area contributed by atoms with Crippen LogP contribution in [0.3, 0.4) is 0 Å². The average molecular weight is 170 g/mol. The summed E-state index contributed by atoms with van der Waals surface area (Å²) < 4.78 is 8.34. The summed E-state index contributed by atoms with van der Waals surface area (Å²) >= 11 is 0.300. The SMILES string of the molecule is [LiH].[Mn].[O]=[Zr]. The van der Waals surface area contributed by atoms with Gasteiger partial charge in [-0.05, 0) is 0 Å². The minimum absolute atomic E-state index is 0. The molecule has 0 aliphatic heterocycles. The summed E-state index contributed by atoms with van der Waals surface area (Å²) in [5.74, 6) is 0. The van der Waals surface area contributed by atoms with Crippen LogP contribution in [0.2, 0.25) is 0 Å². The predicted molar refractivity (Wildman–Crippen MR) is 7.84 cm³/mol. The van der Waals surface area contributed by atoms with Gasteiger partial charge >= 0.3 is 46.4 Å². The summed E-state index contributed by atoms with van der Waals surface area (Å²) in [5.41, 5.74) is 0. The summed E-state index contributed by atoms with van der Waals surface area (Å²) in [6.45, 7) is 0. The van der Waals surface area contributed by atoms with Crippen molar-refractivity contribution in [1.82, 2.24) is 0 Å². The molecule has 0 fully saturated rings. The van der Waals surface area contributed by atoms with Gasteiger partial charge in [0.05, 0.1) is 0 Å². The molecule has 4 heavy (non-hydrogen) atoms. The van der Waals surface area contributed by atoms with Crippen LogP contribution in [0.1, 0.15) is 0 Å². The van der Waals surface area contributed by atoms with Gasteiger partial charge < -0.3 is 0 Å². The molecule has 0 aromatic carbocycles. The van der Waals surface area contributed by atoms with Crippen LogP contribution in [0.4, 0.5) is 0 Å². The Morgan fingerprint density at radius 3 is 1.25 bits per heavy atom. The Bertz CT molecular complexity index is 8.00. The van der Waals surface area contributed by atoms with Crippen molar-refractivity contribution in [2.24, 2.45) is 0 Å². The Kier molecular flexibility index (Phi) is 91.2. The first-order valence-corrected chi connectivity index (χ1v) is 1.21. The molecule has 1 radical (unpaired) electrons. The van der Waals surface area contributed by atoms with E-state index in [4.69, 9.17) is 2.81 Å².